The van der Waals surface area contributed by atoms with Crippen molar-refractivity contribution in [1.82, 2.24) is 10.2 Å². The molecule has 0 unspecified atom stereocenters. The summed E-state index contributed by atoms with van der Waals surface area (Å²) < 4.78 is 5.19. The van der Waals surface area contributed by atoms with Gasteiger partial charge in [0.25, 0.3) is 0 Å². The Labute approximate surface area is 174 Å². The molecule has 5 nitrogen and oxygen atoms in total. The zero-order valence-corrected chi connectivity index (χ0v) is 17.9. The second kappa shape index (κ2) is 11.2. The van der Waals surface area contributed by atoms with Crippen LogP contribution in [-0.4, -0.2) is 35.9 Å². The molecule has 0 aromatic heterocycles. The van der Waals surface area contributed by atoms with Gasteiger partial charge < -0.3 is 15.0 Å². The van der Waals surface area contributed by atoms with Gasteiger partial charge in [0, 0.05) is 12.6 Å². The summed E-state index contributed by atoms with van der Waals surface area (Å²) in [5, 5.41) is 3.03. The van der Waals surface area contributed by atoms with Gasteiger partial charge in [0.15, 0.2) is 0 Å². The first-order chi connectivity index (χ1) is 14.0. The van der Waals surface area contributed by atoms with Gasteiger partial charge in [-0.2, -0.15) is 0 Å². The van der Waals surface area contributed by atoms with Crippen molar-refractivity contribution in [3.05, 3.63) is 65.7 Å². The fourth-order valence-electron chi connectivity index (χ4n) is 3.16. The van der Waals surface area contributed by atoms with E-state index in [4.69, 9.17) is 4.74 Å². The largest absolute Gasteiger partial charge is 0.497 e. The van der Waals surface area contributed by atoms with Crippen LogP contribution in [0.1, 0.15) is 44.7 Å². The van der Waals surface area contributed by atoms with Gasteiger partial charge in [0.2, 0.25) is 11.8 Å². The average Bonchev–Trinajstić information content (AvgIpc) is 2.74. The highest BCUT2D eigenvalue weighted by Crippen LogP contribution is 2.17. The second-order valence-corrected chi connectivity index (χ2v) is 7.27. The number of hydrogen-bond acceptors (Lipinski definition) is 3. The lowest BCUT2D eigenvalue weighted by Crippen LogP contribution is -2.51. The number of carbonyl (C=O) groups is 2. The molecule has 1 N–H and O–H groups in total. The minimum absolute atomic E-state index is 0.0647. The normalized spacial score (nSPS) is 12.7. The molecule has 2 atom stereocenters. The van der Waals surface area contributed by atoms with Crippen LogP contribution < -0.4 is 10.1 Å². The third kappa shape index (κ3) is 6.63. The molecule has 156 valence electrons. The zero-order valence-electron chi connectivity index (χ0n) is 17.9. The molecule has 0 radical (unpaired) electrons. The molecule has 0 saturated carbocycles. The first-order valence-electron chi connectivity index (χ1n) is 10.2. The minimum atomic E-state index is -0.505. The van der Waals surface area contributed by atoms with Crippen molar-refractivity contribution in [3.8, 4) is 5.75 Å². The Morgan fingerprint density at radius 2 is 1.62 bits per heavy atom. The summed E-state index contributed by atoms with van der Waals surface area (Å²) in [5.74, 6) is 0.590. The molecule has 0 fully saturated rings. The molecule has 0 aliphatic rings. The summed E-state index contributed by atoms with van der Waals surface area (Å²) in [6.07, 6.45) is 1.65. The molecule has 0 saturated heterocycles. The van der Waals surface area contributed by atoms with E-state index in [1.54, 1.807) is 12.0 Å². The zero-order chi connectivity index (χ0) is 21.2. The molecule has 5 heteroatoms. The molecule has 2 rings (SSSR count). The topological polar surface area (TPSA) is 58.6 Å². The van der Waals surface area contributed by atoms with Gasteiger partial charge in [0.05, 0.1) is 13.5 Å². The van der Waals surface area contributed by atoms with Crippen molar-refractivity contribution < 1.29 is 14.3 Å². The van der Waals surface area contributed by atoms with Crippen LogP contribution in [0.15, 0.2) is 54.6 Å². The SMILES string of the molecule is CC[C@@H](C)NC(=O)[C@H](CC)N(Cc1ccccc1)C(=O)Cc1ccc(OC)cc1. The number of amides is 2. The van der Waals surface area contributed by atoms with Crippen LogP contribution in [0.4, 0.5) is 0 Å². The Balaban J connectivity index is 2.24. The van der Waals surface area contributed by atoms with Crippen molar-refractivity contribution in [1.29, 1.82) is 0 Å². The second-order valence-electron chi connectivity index (χ2n) is 7.27. The maximum atomic E-state index is 13.2. The Bertz CT molecular complexity index is 774. The van der Waals surface area contributed by atoms with Crippen LogP contribution in [0.25, 0.3) is 0 Å². The standard InChI is InChI=1S/C24H32N2O3/c1-5-18(3)25-24(28)22(6-2)26(17-20-10-8-7-9-11-20)23(27)16-19-12-14-21(29-4)15-13-19/h7-15,18,22H,5-6,16-17H2,1-4H3,(H,25,28)/t18-,22+/m1/s1. The molecule has 0 bridgehead atoms. The van der Waals surface area contributed by atoms with Crippen LogP contribution in [0.5, 0.6) is 5.75 Å². The minimum Gasteiger partial charge on any atom is -0.497 e. The summed E-state index contributed by atoms with van der Waals surface area (Å²) in [6, 6.07) is 16.8. The molecule has 0 spiro atoms. The maximum Gasteiger partial charge on any atom is 0.243 e. The van der Waals surface area contributed by atoms with E-state index in [0.717, 1.165) is 23.3 Å². The predicted octanol–water partition coefficient (Wildman–Crippen LogP) is 3.96. The third-order valence-corrected chi connectivity index (χ3v) is 5.10. The first-order valence-corrected chi connectivity index (χ1v) is 10.2. The molecule has 0 aliphatic heterocycles. The van der Waals surface area contributed by atoms with Crippen molar-refractivity contribution in [2.45, 2.75) is 58.7 Å². The molecular weight excluding hydrogens is 364 g/mol. The molecule has 29 heavy (non-hydrogen) atoms. The number of hydrogen-bond donors (Lipinski definition) is 1. The number of carbonyl (C=O) groups excluding carboxylic acids is 2. The van der Waals surface area contributed by atoms with Crippen molar-refractivity contribution in [2.24, 2.45) is 0 Å². The Morgan fingerprint density at radius 3 is 2.17 bits per heavy atom. The summed E-state index contributed by atoms with van der Waals surface area (Å²) in [5.41, 5.74) is 1.90. The number of methoxy groups -OCH3 is 1. The quantitative estimate of drug-likeness (QED) is 0.661. The van der Waals surface area contributed by atoms with Crippen molar-refractivity contribution in [3.63, 3.8) is 0 Å². The number of benzene rings is 2. The first kappa shape index (κ1) is 22.5. The van der Waals surface area contributed by atoms with E-state index >= 15 is 0 Å². The molecule has 2 aromatic carbocycles. The summed E-state index contributed by atoms with van der Waals surface area (Å²) in [6.45, 7) is 6.36. The van der Waals surface area contributed by atoms with E-state index in [0.29, 0.717) is 13.0 Å². The van der Waals surface area contributed by atoms with E-state index in [9.17, 15) is 9.59 Å². The summed E-state index contributed by atoms with van der Waals surface area (Å²) in [7, 11) is 1.61. The van der Waals surface area contributed by atoms with Crippen LogP contribution in [-0.2, 0) is 22.6 Å². The van der Waals surface area contributed by atoms with E-state index in [1.807, 2.05) is 75.4 Å². The van der Waals surface area contributed by atoms with Crippen LogP contribution in [0.2, 0.25) is 0 Å². The van der Waals surface area contributed by atoms with Crippen molar-refractivity contribution in [2.75, 3.05) is 7.11 Å². The highest BCUT2D eigenvalue weighted by atomic mass is 16.5. The maximum absolute atomic E-state index is 13.2. The lowest BCUT2D eigenvalue weighted by atomic mass is 10.1. The fourth-order valence-corrected chi connectivity index (χ4v) is 3.16. The number of nitrogens with zero attached hydrogens (tertiary/aromatic N) is 1. The molecule has 2 amide bonds. The monoisotopic (exact) mass is 396 g/mol. The fraction of sp³-hybridized carbons (Fsp3) is 0.417. The van der Waals surface area contributed by atoms with Gasteiger partial charge in [-0.25, -0.2) is 0 Å². The summed E-state index contributed by atoms with van der Waals surface area (Å²) in [4.78, 5) is 27.8. The highest BCUT2D eigenvalue weighted by molar-refractivity contribution is 5.88. The number of ether oxygens (including phenoxy) is 1. The highest BCUT2D eigenvalue weighted by Gasteiger charge is 2.29. The van der Waals surface area contributed by atoms with Crippen LogP contribution >= 0.6 is 0 Å². The lowest BCUT2D eigenvalue weighted by molar-refractivity contribution is -0.141. The van der Waals surface area contributed by atoms with Gasteiger partial charge in [-0.3, -0.25) is 9.59 Å². The summed E-state index contributed by atoms with van der Waals surface area (Å²) >= 11 is 0. The van der Waals surface area contributed by atoms with E-state index in [1.165, 1.54) is 0 Å². The van der Waals surface area contributed by atoms with Crippen molar-refractivity contribution >= 4 is 11.8 Å². The number of rotatable bonds is 10. The molecular formula is C24H32N2O3. The average molecular weight is 397 g/mol. The lowest BCUT2D eigenvalue weighted by Gasteiger charge is -2.31. The van der Waals surface area contributed by atoms with Crippen LogP contribution in [0, 0.1) is 0 Å². The smallest absolute Gasteiger partial charge is 0.243 e. The van der Waals surface area contributed by atoms with E-state index in [-0.39, 0.29) is 24.3 Å². The van der Waals surface area contributed by atoms with E-state index in [2.05, 4.69) is 5.32 Å². The van der Waals surface area contributed by atoms with Gasteiger partial charge in [-0.05, 0) is 43.0 Å². The molecule has 0 aliphatic carbocycles. The van der Waals surface area contributed by atoms with Gasteiger partial charge in [0.1, 0.15) is 11.8 Å². The Hall–Kier alpha value is -2.82. The van der Waals surface area contributed by atoms with Gasteiger partial charge in [-0.1, -0.05) is 56.3 Å². The Morgan fingerprint density at radius 1 is 0.966 bits per heavy atom. The van der Waals surface area contributed by atoms with E-state index < -0.39 is 6.04 Å². The molecule has 0 heterocycles. The van der Waals surface area contributed by atoms with Gasteiger partial charge in [-0.15, -0.1) is 0 Å². The van der Waals surface area contributed by atoms with Gasteiger partial charge >= 0.3 is 0 Å². The molecule has 2 aromatic rings. The third-order valence-electron chi connectivity index (χ3n) is 5.10. The number of nitrogens with one attached hydrogen (secondary N) is 1. The Kier molecular flexibility index (Phi) is 8.71. The predicted molar refractivity (Wildman–Crippen MR) is 116 cm³/mol. The van der Waals surface area contributed by atoms with Crippen LogP contribution in [0.3, 0.4) is 0 Å².